The number of hydrogen-bond acceptors (Lipinski definition) is 6. The normalized spacial score (nSPS) is 15.1. The van der Waals surface area contributed by atoms with E-state index in [2.05, 4.69) is 20.9 Å². The van der Waals surface area contributed by atoms with Gasteiger partial charge in [0, 0.05) is 45.2 Å². The van der Waals surface area contributed by atoms with E-state index >= 15 is 0 Å². The summed E-state index contributed by atoms with van der Waals surface area (Å²) in [5.41, 5.74) is 1.92. The Bertz CT molecular complexity index is 1180. The Hall–Kier alpha value is -3.72. The van der Waals surface area contributed by atoms with Crippen molar-refractivity contribution in [1.29, 1.82) is 0 Å². The fourth-order valence-electron chi connectivity index (χ4n) is 4.34. The molecule has 4 rings (SSSR count). The first-order valence-electron chi connectivity index (χ1n) is 12.5. The predicted octanol–water partition coefficient (Wildman–Crippen LogP) is 2.84. The van der Waals surface area contributed by atoms with E-state index in [0.29, 0.717) is 37.8 Å². The molecule has 36 heavy (non-hydrogen) atoms. The van der Waals surface area contributed by atoms with Crippen molar-refractivity contribution >= 4 is 28.7 Å². The Morgan fingerprint density at radius 3 is 2.33 bits per heavy atom. The van der Waals surface area contributed by atoms with Crippen molar-refractivity contribution in [2.24, 2.45) is 5.92 Å². The highest BCUT2D eigenvalue weighted by Gasteiger charge is 2.24. The van der Waals surface area contributed by atoms with E-state index in [9.17, 15) is 9.59 Å². The number of urea groups is 1. The average molecular weight is 490 g/mol. The second kappa shape index (κ2) is 11.8. The molecule has 3 amide bonds. The Balaban J connectivity index is 1.40. The lowest BCUT2D eigenvalue weighted by molar-refractivity contribution is -0.122. The molecule has 1 atom stereocenters. The molecule has 3 N–H and O–H groups in total. The molecule has 0 bridgehead atoms. The third-order valence-electron chi connectivity index (χ3n) is 6.45. The lowest BCUT2D eigenvalue weighted by atomic mass is 10.0. The number of benzene rings is 2. The maximum absolute atomic E-state index is 12.6. The number of nitrogens with one attached hydrogen (secondary N) is 3. The van der Waals surface area contributed by atoms with Gasteiger partial charge in [-0.1, -0.05) is 56.3 Å². The molecule has 1 aromatic heterocycles. The zero-order valence-corrected chi connectivity index (χ0v) is 21.2. The van der Waals surface area contributed by atoms with Crippen molar-refractivity contribution in [3.05, 3.63) is 66.0 Å². The molecule has 2 aromatic carbocycles. The SMILES string of the molecule is CNC(=O)[C@@H](Nc1nc(CN2CCN(C(=O)NCc3ccccc3)CC2)nc2ccccc12)C(C)C. The Morgan fingerprint density at radius 2 is 1.64 bits per heavy atom. The molecule has 0 saturated carbocycles. The number of nitrogens with zero attached hydrogens (tertiary/aromatic N) is 4. The van der Waals surface area contributed by atoms with Gasteiger partial charge in [-0.15, -0.1) is 0 Å². The highest BCUT2D eigenvalue weighted by atomic mass is 16.2. The summed E-state index contributed by atoms with van der Waals surface area (Å²) in [6.07, 6.45) is 0. The standard InChI is InChI=1S/C27H35N7O2/c1-19(2)24(26(35)28-3)32-25-21-11-7-8-12-22(21)30-23(31-25)18-33-13-15-34(16-14-33)27(36)29-17-20-9-5-4-6-10-20/h4-12,19,24H,13-18H2,1-3H3,(H,28,35)(H,29,36)(H,30,31,32)/t24-/m0/s1. The number of carbonyl (C=O) groups is 2. The Labute approximate surface area is 212 Å². The summed E-state index contributed by atoms with van der Waals surface area (Å²) in [5, 5.41) is 9.98. The number of anilines is 1. The topological polar surface area (TPSA) is 102 Å². The third kappa shape index (κ3) is 6.28. The van der Waals surface area contributed by atoms with Crippen LogP contribution in [0.1, 0.15) is 25.2 Å². The Kier molecular flexibility index (Phi) is 8.32. The second-order valence-corrected chi connectivity index (χ2v) is 9.39. The van der Waals surface area contributed by atoms with Gasteiger partial charge in [0.15, 0.2) is 0 Å². The number of piperazine rings is 1. The van der Waals surface area contributed by atoms with Gasteiger partial charge in [-0.2, -0.15) is 0 Å². The first kappa shape index (κ1) is 25.4. The molecule has 1 fully saturated rings. The van der Waals surface area contributed by atoms with Gasteiger partial charge in [-0.05, 0) is 23.6 Å². The van der Waals surface area contributed by atoms with Gasteiger partial charge >= 0.3 is 6.03 Å². The van der Waals surface area contributed by atoms with Crippen LogP contribution >= 0.6 is 0 Å². The number of para-hydroxylation sites is 1. The lowest BCUT2D eigenvalue weighted by Gasteiger charge is -2.34. The van der Waals surface area contributed by atoms with Gasteiger partial charge in [-0.25, -0.2) is 14.8 Å². The minimum Gasteiger partial charge on any atom is -0.358 e. The summed E-state index contributed by atoms with van der Waals surface area (Å²) in [6.45, 7) is 7.88. The van der Waals surface area contributed by atoms with E-state index in [4.69, 9.17) is 9.97 Å². The van der Waals surface area contributed by atoms with Gasteiger partial charge < -0.3 is 20.9 Å². The number of rotatable bonds is 8. The van der Waals surface area contributed by atoms with Crippen molar-refractivity contribution in [1.82, 2.24) is 30.4 Å². The van der Waals surface area contributed by atoms with Crippen molar-refractivity contribution < 1.29 is 9.59 Å². The van der Waals surface area contributed by atoms with Crippen LogP contribution < -0.4 is 16.0 Å². The largest absolute Gasteiger partial charge is 0.358 e. The van der Waals surface area contributed by atoms with E-state index in [1.165, 1.54) is 0 Å². The van der Waals surface area contributed by atoms with Crippen molar-refractivity contribution in [2.45, 2.75) is 33.0 Å². The number of aromatic nitrogens is 2. The summed E-state index contributed by atoms with van der Waals surface area (Å²) >= 11 is 0. The molecule has 0 aliphatic carbocycles. The molecule has 9 nitrogen and oxygen atoms in total. The molecule has 190 valence electrons. The highest BCUT2D eigenvalue weighted by molar-refractivity contribution is 5.92. The fourth-order valence-corrected chi connectivity index (χ4v) is 4.34. The molecule has 1 aliphatic heterocycles. The molecule has 1 saturated heterocycles. The van der Waals surface area contributed by atoms with Gasteiger partial charge in [0.1, 0.15) is 17.7 Å². The summed E-state index contributed by atoms with van der Waals surface area (Å²) in [7, 11) is 1.64. The van der Waals surface area contributed by atoms with E-state index < -0.39 is 6.04 Å². The first-order valence-corrected chi connectivity index (χ1v) is 12.5. The molecule has 0 radical (unpaired) electrons. The molecular weight excluding hydrogens is 454 g/mol. The average Bonchev–Trinajstić information content (AvgIpc) is 2.90. The number of hydrogen-bond donors (Lipinski definition) is 3. The molecular formula is C27H35N7O2. The van der Waals surface area contributed by atoms with Gasteiger partial charge in [0.2, 0.25) is 5.91 Å². The minimum absolute atomic E-state index is 0.0409. The van der Waals surface area contributed by atoms with Crippen molar-refractivity contribution in [2.75, 3.05) is 38.5 Å². The van der Waals surface area contributed by atoms with Crippen LogP contribution in [0.3, 0.4) is 0 Å². The Morgan fingerprint density at radius 1 is 0.944 bits per heavy atom. The number of carbonyl (C=O) groups excluding carboxylic acids is 2. The molecule has 3 aromatic rings. The summed E-state index contributed by atoms with van der Waals surface area (Å²) in [6, 6.07) is 17.3. The summed E-state index contributed by atoms with van der Waals surface area (Å²) < 4.78 is 0. The van der Waals surface area contributed by atoms with Gasteiger partial charge in [0.25, 0.3) is 0 Å². The second-order valence-electron chi connectivity index (χ2n) is 9.39. The van der Waals surface area contributed by atoms with Crippen LogP contribution in [-0.2, 0) is 17.9 Å². The van der Waals surface area contributed by atoms with Crippen molar-refractivity contribution in [3.8, 4) is 0 Å². The smallest absolute Gasteiger partial charge is 0.317 e. The van der Waals surface area contributed by atoms with Crippen LogP contribution in [0.25, 0.3) is 10.9 Å². The number of amides is 3. The monoisotopic (exact) mass is 489 g/mol. The minimum atomic E-state index is -0.404. The van der Waals surface area contributed by atoms with Crippen LogP contribution in [0.15, 0.2) is 54.6 Å². The van der Waals surface area contributed by atoms with E-state index in [-0.39, 0.29) is 17.9 Å². The predicted molar refractivity (Wildman–Crippen MR) is 141 cm³/mol. The summed E-state index contributed by atoms with van der Waals surface area (Å²) in [4.78, 5) is 38.7. The molecule has 0 unspecified atom stereocenters. The zero-order chi connectivity index (χ0) is 25.5. The highest BCUT2D eigenvalue weighted by Crippen LogP contribution is 2.23. The van der Waals surface area contributed by atoms with E-state index in [0.717, 1.165) is 29.6 Å². The van der Waals surface area contributed by atoms with E-state index in [1.54, 1.807) is 7.05 Å². The maximum atomic E-state index is 12.6. The maximum Gasteiger partial charge on any atom is 0.317 e. The zero-order valence-electron chi connectivity index (χ0n) is 21.2. The van der Waals surface area contributed by atoms with Gasteiger partial charge in [-0.3, -0.25) is 9.69 Å². The first-order chi connectivity index (χ1) is 17.4. The molecule has 1 aliphatic rings. The fraction of sp³-hybridized carbons (Fsp3) is 0.407. The number of likely N-dealkylation sites (N-methyl/N-ethyl adjacent to an activating group) is 1. The van der Waals surface area contributed by atoms with Gasteiger partial charge in [0.05, 0.1) is 12.1 Å². The molecule has 0 spiro atoms. The van der Waals surface area contributed by atoms with Crippen LogP contribution in [-0.4, -0.2) is 71.0 Å². The van der Waals surface area contributed by atoms with Crippen LogP contribution in [0.5, 0.6) is 0 Å². The molecule has 2 heterocycles. The molecule has 9 heteroatoms. The lowest BCUT2D eigenvalue weighted by Crippen LogP contribution is -2.51. The van der Waals surface area contributed by atoms with Crippen LogP contribution in [0.4, 0.5) is 10.6 Å². The van der Waals surface area contributed by atoms with E-state index in [1.807, 2.05) is 73.3 Å². The summed E-state index contributed by atoms with van der Waals surface area (Å²) in [5.74, 6) is 1.37. The third-order valence-corrected chi connectivity index (χ3v) is 6.45. The quantitative estimate of drug-likeness (QED) is 0.450. The van der Waals surface area contributed by atoms with Crippen molar-refractivity contribution in [3.63, 3.8) is 0 Å². The number of fused-ring (bicyclic) bond motifs is 1. The van der Waals surface area contributed by atoms with Crippen LogP contribution in [0.2, 0.25) is 0 Å². The van der Waals surface area contributed by atoms with Crippen LogP contribution in [0, 0.1) is 5.92 Å².